The van der Waals surface area contributed by atoms with Crippen molar-refractivity contribution in [3.05, 3.63) is 33.9 Å². The second kappa shape index (κ2) is 4.34. The van der Waals surface area contributed by atoms with Gasteiger partial charge in [-0.2, -0.15) is 0 Å². The minimum Gasteiger partial charge on any atom is -0.301 e. The van der Waals surface area contributed by atoms with Gasteiger partial charge in [0.15, 0.2) is 0 Å². The Hall–Kier alpha value is -0.820. The maximum absolute atomic E-state index is 2.53. The normalized spacial score (nSPS) is 23.3. The first-order valence-electron chi connectivity index (χ1n) is 7.72. The highest BCUT2D eigenvalue weighted by Crippen LogP contribution is 2.42. The van der Waals surface area contributed by atoms with Crippen LogP contribution in [0.1, 0.15) is 67.3 Å². The van der Waals surface area contributed by atoms with Crippen molar-refractivity contribution in [2.75, 3.05) is 13.6 Å². The van der Waals surface area contributed by atoms with Gasteiger partial charge in [-0.05, 0) is 72.4 Å². The average molecular weight is 257 g/mol. The Kier molecular flexibility index (Phi) is 3.01. The first-order chi connectivity index (χ1) is 8.88. The van der Waals surface area contributed by atoms with E-state index in [-0.39, 0.29) is 5.41 Å². The molecule has 1 aromatic carbocycles. The van der Waals surface area contributed by atoms with Gasteiger partial charge in [-0.1, -0.05) is 26.8 Å². The maximum Gasteiger partial charge on any atom is 0.0236 e. The van der Waals surface area contributed by atoms with Gasteiger partial charge in [0.2, 0.25) is 0 Å². The van der Waals surface area contributed by atoms with Gasteiger partial charge in [0, 0.05) is 13.1 Å². The summed E-state index contributed by atoms with van der Waals surface area (Å²) >= 11 is 0. The third kappa shape index (κ3) is 2.12. The van der Waals surface area contributed by atoms with Gasteiger partial charge < -0.3 is 4.90 Å². The Bertz CT molecular complexity index is 507. The van der Waals surface area contributed by atoms with E-state index in [1.54, 1.807) is 27.8 Å². The van der Waals surface area contributed by atoms with Crippen LogP contribution in [-0.2, 0) is 18.4 Å². The Morgan fingerprint density at radius 2 is 2.00 bits per heavy atom. The largest absolute Gasteiger partial charge is 0.301 e. The Balaban J connectivity index is 2.23. The molecule has 1 aliphatic heterocycles. The summed E-state index contributed by atoms with van der Waals surface area (Å²) in [6, 6.07) is 2.53. The van der Waals surface area contributed by atoms with Crippen LogP contribution in [0, 0.1) is 6.92 Å². The van der Waals surface area contributed by atoms with Crippen molar-refractivity contribution in [3.63, 3.8) is 0 Å². The van der Waals surface area contributed by atoms with Crippen LogP contribution >= 0.6 is 0 Å². The summed E-state index contributed by atoms with van der Waals surface area (Å²) in [5.74, 6) is 0.796. The van der Waals surface area contributed by atoms with E-state index in [0.29, 0.717) is 0 Å². The van der Waals surface area contributed by atoms with Gasteiger partial charge in [-0.15, -0.1) is 0 Å². The van der Waals surface area contributed by atoms with Crippen molar-refractivity contribution in [3.8, 4) is 0 Å². The number of hydrogen-bond acceptors (Lipinski definition) is 1. The van der Waals surface area contributed by atoms with E-state index < -0.39 is 0 Å². The lowest BCUT2D eigenvalue weighted by atomic mass is 9.72. The zero-order valence-electron chi connectivity index (χ0n) is 13.1. The molecule has 1 heterocycles. The summed E-state index contributed by atoms with van der Waals surface area (Å²) < 4.78 is 0. The SMILES string of the molecule is Cc1c(C(C)(C)C)cc2c3c1CN(C)CC3CCC2. The molecule has 0 saturated heterocycles. The molecule has 1 unspecified atom stereocenters. The smallest absolute Gasteiger partial charge is 0.0236 e. The molecular formula is C18H27N. The Morgan fingerprint density at radius 3 is 2.68 bits per heavy atom. The van der Waals surface area contributed by atoms with Gasteiger partial charge in [0.25, 0.3) is 0 Å². The predicted molar refractivity (Wildman–Crippen MR) is 81.9 cm³/mol. The Labute approximate surface area is 118 Å². The summed E-state index contributed by atoms with van der Waals surface area (Å²) in [5.41, 5.74) is 8.44. The van der Waals surface area contributed by atoms with Gasteiger partial charge in [-0.25, -0.2) is 0 Å². The summed E-state index contributed by atoms with van der Waals surface area (Å²) in [5, 5.41) is 0. The fourth-order valence-electron chi connectivity index (χ4n) is 4.19. The first-order valence-corrected chi connectivity index (χ1v) is 7.72. The molecule has 0 radical (unpaired) electrons. The highest BCUT2D eigenvalue weighted by atomic mass is 15.1. The van der Waals surface area contributed by atoms with Crippen molar-refractivity contribution in [2.45, 2.75) is 64.8 Å². The van der Waals surface area contributed by atoms with Crippen molar-refractivity contribution in [1.29, 1.82) is 0 Å². The van der Waals surface area contributed by atoms with E-state index in [1.807, 2.05) is 0 Å². The van der Waals surface area contributed by atoms with E-state index in [2.05, 4.69) is 45.7 Å². The van der Waals surface area contributed by atoms with Crippen LogP contribution in [0.3, 0.4) is 0 Å². The lowest BCUT2D eigenvalue weighted by Gasteiger charge is -2.39. The number of likely N-dealkylation sites (N-methyl/N-ethyl adjacent to an activating group) is 1. The average Bonchev–Trinajstić information content (AvgIpc) is 2.31. The van der Waals surface area contributed by atoms with Crippen LogP contribution in [0.25, 0.3) is 0 Å². The molecule has 2 aliphatic rings. The molecule has 3 rings (SSSR count). The molecule has 0 aromatic heterocycles. The maximum atomic E-state index is 2.53. The second-order valence-electron chi connectivity index (χ2n) is 7.64. The van der Waals surface area contributed by atoms with Crippen LogP contribution < -0.4 is 0 Å². The number of aryl methyl sites for hydroxylation is 1. The standard InChI is InChI=1S/C18H27N/c1-12-15-11-19(5)10-14-8-6-7-13(17(14)15)9-16(12)18(2,3)4/h9,14H,6-8,10-11H2,1-5H3. The minimum absolute atomic E-state index is 0.262. The third-order valence-corrected chi connectivity index (χ3v) is 5.02. The van der Waals surface area contributed by atoms with Gasteiger partial charge in [-0.3, -0.25) is 0 Å². The molecule has 1 aromatic rings. The monoisotopic (exact) mass is 257 g/mol. The molecule has 1 nitrogen and oxygen atoms in total. The number of benzene rings is 1. The Morgan fingerprint density at radius 1 is 1.26 bits per heavy atom. The zero-order chi connectivity index (χ0) is 13.8. The van der Waals surface area contributed by atoms with E-state index >= 15 is 0 Å². The summed E-state index contributed by atoms with van der Waals surface area (Å²) in [4.78, 5) is 2.52. The van der Waals surface area contributed by atoms with Crippen LogP contribution in [0.15, 0.2) is 6.07 Å². The van der Waals surface area contributed by atoms with E-state index in [9.17, 15) is 0 Å². The molecule has 0 spiro atoms. The number of hydrogen-bond donors (Lipinski definition) is 0. The predicted octanol–water partition coefficient (Wildman–Crippen LogP) is 4.16. The fraction of sp³-hybridized carbons (Fsp3) is 0.667. The van der Waals surface area contributed by atoms with Crippen molar-refractivity contribution in [2.24, 2.45) is 0 Å². The molecule has 1 aliphatic carbocycles. The van der Waals surface area contributed by atoms with Crippen LogP contribution in [0.5, 0.6) is 0 Å². The van der Waals surface area contributed by atoms with Gasteiger partial charge in [0.1, 0.15) is 0 Å². The van der Waals surface area contributed by atoms with E-state index in [4.69, 9.17) is 0 Å². The zero-order valence-corrected chi connectivity index (χ0v) is 13.1. The summed E-state index contributed by atoms with van der Waals surface area (Å²) in [6.45, 7) is 11.8. The molecule has 1 heteroatoms. The molecule has 0 N–H and O–H groups in total. The summed E-state index contributed by atoms with van der Waals surface area (Å²) in [7, 11) is 2.28. The lowest BCUT2D eigenvalue weighted by molar-refractivity contribution is 0.265. The third-order valence-electron chi connectivity index (χ3n) is 5.02. The van der Waals surface area contributed by atoms with Crippen LogP contribution in [0.2, 0.25) is 0 Å². The minimum atomic E-state index is 0.262. The van der Waals surface area contributed by atoms with Crippen molar-refractivity contribution >= 4 is 0 Å². The van der Waals surface area contributed by atoms with Crippen molar-refractivity contribution < 1.29 is 0 Å². The van der Waals surface area contributed by atoms with Crippen LogP contribution in [0.4, 0.5) is 0 Å². The molecule has 19 heavy (non-hydrogen) atoms. The quantitative estimate of drug-likeness (QED) is 0.674. The van der Waals surface area contributed by atoms with E-state index in [0.717, 1.165) is 12.5 Å². The highest BCUT2D eigenvalue weighted by molar-refractivity contribution is 5.51. The molecule has 104 valence electrons. The fourth-order valence-corrected chi connectivity index (χ4v) is 4.19. The molecule has 0 saturated carbocycles. The summed E-state index contributed by atoms with van der Waals surface area (Å²) in [6.07, 6.45) is 4.06. The second-order valence-corrected chi connectivity index (χ2v) is 7.64. The molecular weight excluding hydrogens is 230 g/mol. The number of rotatable bonds is 0. The molecule has 0 bridgehead atoms. The molecule has 1 atom stereocenters. The van der Waals surface area contributed by atoms with Gasteiger partial charge in [0.05, 0.1) is 0 Å². The van der Waals surface area contributed by atoms with Gasteiger partial charge >= 0.3 is 0 Å². The topological polar surface area (TPSA) is 3.24 Å². The molecule has 0 fully saturated rings. The molecule has 0 amide bonds. The van der Waals surface area contributed by atoms with Crippen molar-refractivity contribution in [1.82, 2.24) is 4.90 Å². The van der Waals surface area contributed by atoms with Crippen LogP contribution in [-0.4, -0.2) is 18.5 Å². The van der Waals surface area contributed by atoms with E-state index in [1.165, 1.54) is 25.8 Å². The highest BCUT2D eigenvalue weighted by Gasteiger charge is 2.32. The first kappa shape index (κ1) is 13.2. The lowest BCUT2D eigenvalue weighted by Crippen LogP contribution is -2.34. The number of nitrogens with zero attached hydrogens (tertiary/aromatic N) is 1.